The lowest BCUT2D eigenvalue weighted by Crippen LogP contribution is -2.37. The second kappa shape index (κ2) is 18.4. The molecule has 0 aliphatic heterocycles. The second-order valence-corrected chi connectivity index (χ2v) is 14.2. The van der Waals surface area contributed by atoms with E-state index in [-0.39, 0.29) is 36.4 Å². The average molecular weight is 710 g/mol. The van der Waals surface area contributed by atoms with Crippen LogP contribution in [0.4, 0.5) is 0 Å². The van der Waals surface area contributed by atoms with Gasteiger partial charge in [-0.25, -0.2) is 4.98 Å². The first kappa shape index (κ1) is 36.6. The van der Waals surface area contributed by atoms with Crippen molar-refractivity contribution in [3.63, 3.8) is 0 Å². The number of para-hydroxylation sites is 2. The molecule has 0 radical (unpaired) electrons. The van der Waals surface area contributed by atoms with Gasteiger partial charge in [-0.3, -0.25) is 9.59 Å². The number of hydrogen-bond acceptors (Lipinski definition) is 5. The van der Waals surface area contributed by atoms with Crippen molar-refractivity contribution >= 4 is 34.7 Å². The molecule has 1 atom stereocenters. The van der Waals surface area contributed by atoms with Gasteiger partial charge in [0.1, 0.15) is 6.54 Å². The molecule has 6 aromatic rings. The van der Waals surface area contributed by atoms with Crippen molar-refractivity contribution in [2.75, 3.05) is 18.8 Å². The van der Waals surface area contributed by atoms with Crippen molar-refractivity contribution in [2.45, 2.75) is 62.8 Å². The minimum Gasteiger partial charge on any atom is -0.461 e. The molecule has 1 heterocycles. The van der Waals surface area contributed by atoms with Gasteiger partial charge in [0.05, 0.1) is 17.1 Å². The number of nitrogens with zero attached hydrogens (tertiary/aromatic N) is 3. The summed E-state index contributed by atoms with van der Waals surface area (Å²) in [5.74, 6) is 0.547. The van der Waals surface area contributed by atoms with Crippen LogP contribution in [-0.4, -0.2) is 51.3 Å². The molecule has 0 bridgehead atoms. The maximum atomic E-state index is 14.6. The number of thioether (sulfide) groups is 1. The summed E-state index contributed by atoms with van der Waals surface area (Å²) in [6.45, 7) is 5.18. The molecule has 0 aliphatic carbocycles. The van der Waals surface area contributed by atoms with E-state index in [0.29, 0.717) is 19.5 Å². The fourth-order valence-corrected chi connectivity index (χ4v) is 7.56. The molecule has 7 heteroatoms. The maximum Gasteiger partial charge on any atom is 0.326 e. The van der Waals surface area contributed by atoms with Crippen molar-refractivity contribution in [1.82, 2.24) is 14.5 Å². The summed E-state index contributed by atoms with van der Waals surface area (Å²) in [7, 11) is 0. The highest BCUT2D eigenvalue weighted by molar-refractivity contribution is 7.99. The molecule has 0 saturated heterocycles. The molecule has 0 spiro atoms. The number of imidazole rings is 1. The number of aromatic nitrogens is 2. The predicted octanol–water partition coefficient (Wildman–Crippen LogP) is 9.74. The summed E-state index contributed by atoms with van der Waals surface area (Å²) in [5, 5.41) is 0.778. The van der Waals surface area contributed by atoms with Crippen LogP contribution >= 0.6 is 11.8 Å². The third-order valence-electron chi connectivity index (χ3n) is 9.56. The first-order valence-corrected chi connectivity index (χ1v) is 19.2. The van der Waals surface area contributed by atoms with E-state index in [9.17, 15) is 9.59 Å². The molecule has 6 rings (SSSR count). The number of esters is 1. The van der Waals surface area contributed by atoms with Crippen LogP contribution in [0.1, 0.15) is 67.2 Å². The van der Waals surface area contributed by atoms with E-state index in [4.69, 9.17) is 9.72 Å². The van der Waals surface area contributed by atoms with Gasteiger partial charge in [0.2, 0.25) is 5.91 Å². The van der Waals surface area contributed by atoms with E-state index in [0.717, 1.165) is 45.9 Å². The highest BCUT2D eigenvalue weighted by Crippen LogP contribution is 2.31. The zero-order chi connectivity index (χ0) is 36.1. The Morgan fingerprint density at radius 1 is 0.712 bits per heavy atom. The van der Waals surface area contributed by atoms with E-state index in [1.54, 1.807) is 11.8 Å². The van der Waals surface area contributed by atoms with Gasteiger partial charge in [0.25, 0.3) is 0 Å². The lowest BCUT2D eigenvalue weighted by Gasteiger charge is -2.30. The monoisotopic (exact) mass is 709 g/mol. The summed E-state index contributed by atoms with van der Waals surface area (Å²) in [4.78, 5) is 34.4. The lowest BCUT2D eigenvalue weighted by atomic mass is 9.87. The molecule has 1 aromatic heterocycles. The topological polar surface area (TPSA) is 64.4 Å². The average Bonchev–Trinajstić information content (AvgIpc) is 3.54. The molecule has 0 N–H and O–H groups in total. The summed E-state index contributed by atoms with van der Waals surface area (Å²) < 4.78 is 7.58. The van der Waals surface area contributed by atoms with Crippen LogP contribution in [0, 0.1) is 0 Å². The molecule has 5 aromatic carbocycles. The number of ether oxygens (including phenoxy) is 1. The van der Waals surface area contributed by atoms with Crippen LogP contribution in [0.15, 0.2) is 151 Å². The van der Waals surface area contributed by atoms with Gasteiger partial charge >= 0.3 is 5.97 Å². The van der Waals surface area contributed by atoms with Crippen LogP contribution < -0.4 is 0 Å². The number of carbonyl (C=O) groups excluding carboxylic acids is 2. The Hall–Kier alpha value is -5.14. The largest absolute Gasteiger partial charge is 0.461 e. The van der Waals surface area contributed by atoms with Gasteiger partial charge in [-0.15, -0.1) is 0 Å². The van der Waals surface area contributed by atoms with Gasteiger partial charge < -0.3 is 14.2 Å². The Balaban J connectivity index is 1.24. The molecule has 1 amide bonds. The zero-order valence-corrected chi connectivity index (χ0v) is 30.8. The quantitative estimate of drug-likeness (QED) is 0.0536. The molecular formula is C45H47N3O3S. The molecule has 1 unspecified atom stereocenters. The first-order chi connectivity index (χ1) is 25.5. The van der Waals surface area contributed by atoms with Gasteiger partial charge in [-0.05, 0) is 54.2 Å². The fourth-order valence-electron chi connectivity index (χ4n) is 6.62. The van der Waals surface area contributed by atoms with Gasteiger partial charge in [0, 0.05) is 37.1 Å². The maximum absolute atomic E-state index is 14.6. The fraction of sp³-hybridized carbons (Fsp3) is 0.267. The predicted molar refractivity (Wildman–Crippen MR) is 212 cm³/mol. The Morgan fingerprint density at radius 3 is 1.75 bits per heavy atom. The number of carbonyl (C=O) groups is 2. The molecule has 52 heavy (non-hydrogen) atoms. The van der Waals surface area contributed by atoms with Crippen LogP contribution in [-0.2, 0) is 20.9 Å². The number of fused-ring (bicyclic) bond motifs is 1. The van der Waals surface area contributed by atoms with E-state index in [1.165, 1.54) is 11.1 Å². The number of hydrogen-bond donors (Lipinski definition) is 0. The number of benzene rings is 5. The van der Waals surface area contributed by atoms with Crippen molar-refractivity contribution < 1.29 is 14.3 Å². The number of amides is 1. The molecule has 0 fully saturated rings. The third-order valence-corrected chi connectivity index (χ3v) is 10.6. The minimum absolute atomic E-state index is 0.0200. The molecule has 6 nitrogen and oxygen atoms in total. The summed E-state index contributed by atoms with van der Waals surface area (Å²) in [6, 6.07) is 49.6. The van der Waals surface area contributed by atoms with E-state index in [1.807, 2.05) is 91.2 Å². The lowest BCUT2D eigenvalue weighted by molar-refractivity contribution is -0.149. The highest BCUT2D eigenvalue weighted by Gasteiger charge is 2.26. The first-order valence-electron chi connectivity index (χ1n) is 18.2. The molecule has 0 aliphatic rings. The van der Waals surface area contributed by atoms with Gasteiger partial charge in [0.15, 0.2) is 5.16 Å². The van der Waals surface area contributed by atoms with E-state index in [2.05, 4.69) is 77.7 Å². The minimum atomic E-state index is -0.268. The zero-order valence-electron chi connectivity index (χ0n) is 30.0. The van der Waals surface area contributed by atoms with Gasteiger partial charge in [-0.1, -0.05) is 152 Å². The van der Waals surface area contributed by atoms with Crippen LogP contribution in [0.5, 0.6) is 0 Å². The van der Waals surface area contributed by atoms with E-state index < -0.39 is 0 Å². The van der Waals surface area contributed by atoms with E-state index >= 15 is 0 Å². The Bertz CT molecular complexity index is 1920. The molecule has 0 saturated carbocycles. The highest BCUT2D eigenvalue weighted by atomic mass is 32.2. The van der Waals surface area contributed by atoms with Crippen molar-refractivity contribution in [3.05, 3.63) is 168 Å². The summed E-state index contributed by atoms with van der Waals surface area (Å²) in [6.07, 6.45) is 1.75. The van der Waals surface area contributed by atoms with Crippen LogP contribution in [0.2, 0.25) is 0 Å². The normalized spacial score (nSPS) is 11.9. The van der Waals surface area contributed by atoms with Crippen LogP contribution in [0.3, 0.4) is 0 Å². The third kappa shape index (κ3) is 9.59. The van der Waals surface area contributed by atoms with Gasteiger partial charge in [-0.2, -0.15) is 0 Å². The Kier molecular flexibility index (Phi) is 13.0. The Morgan fingerprint density at radius 2 is 1.21 bits per heavy atom. The summed E-state index contributed by atoms with van der Waals surface area (Å²) >= 11 is 1.62. The number of rotatable bonds is 17. The van der Waals surface area contributed by atoms with Crippen molar-refractivity contribution in [2.24, 2.45) is 0 Å². The smallest absolute Gasteiger partial charge is 0.326 e. The SMILES string of the molecule is CCC(C)OC(=O)Cn1c(SCCCN(CC(c2ccccc2)c2ccccc2)C(=O)CC(c2ccccc2)c2ccccc2)nc2ccccc21. The standard InChI is InChI=1S/C45H47N3O3S/c1-3-34(2)51-44(50)33-48-42-28-17-16-27-41(42)46-45(48)52-30-18-29-47(32-40(37-23-12-6-13-24-37)38-25-14-7-15-26-38)43(49)31-39(35-19-8-4-9-20-35)36-21-10-5-11-22-36/h4-17,19-28,34,39-40H,3,18,29-33H2,1-2H3. The van der Waals surface area contributed by atoms with Crippen LogP contribution in [0.25, 0.3) is 11.0 Å². The second-order valence-electron chi connectivity index (χ2n) is 13.2. The molecular weight excluding hydrogens is 663 g/mol. The summed E-state index contributed by atoms with van der Waals surface area (Å²) in [5.41, 5.74) is 6.38. The van der Waals surface area contributed by atoms with Crippen molar-refractivity contribution in [1.29, 1.82) is 0 Å². The van der Waals surface area contributed by atoms with Crippen molar-refractivity contribution in [3.8, 4) is 0 Å². The Labute approximate surface area is 311 Å². The molecule has 266 valence electrons.